The fourth-order valence-electron chi connectivity index (χ4n) is 0.908. The van der Waals surface area contributed by atoms with E-state index >= 15 is 0 Å². The number of nitrogens with two attached hydrogens (primary N) is 2. The van der Waals surface area contributed by atoms with Crippen molar-refractivity contribution in [3.8, 4) is 6.07 Å². The lowest BCUT2D eigenvalue weighted by atomic mass is 10.1. The van der Waals surface area contributed by atoms with Crippen LogP contribution >= 0.6 is 0 Å². The van der Waals surface area contributed by atoms with Crippen LogP contribution in [0.4, 0.5) is 8.78 Å². The molecule has 82 valence electrons. The van der Waals surface area contributed by atoms with Crippen molar-refractivity contribution in [1.29, 1.82) is 5.26 Å². The molecule has 0 aliphatic heterocycles. The SMILES string of the molecule is N#Cc1ccc(C=NN=C(N)N)c(F)c1F. The van der Waals surface area contributed by atoms with E-state index in [4.69, 9.17) is 16.7 Å². The Bertz CT molecular complexity index is 497. The summed E-state index contributed by atoms with van der Waals surface area (Å²) in [6.45, 7) is 0. The lowest BCUT2D eigenvalue weighted by molar-refractivity contribution is 0.505. The highest BCUT2D eigenvalue weighted by molar-refractivity contribution is 5.82. The molecule has 5 nitrogen and oxygen atoms in total. The molecule has 0 aliphatic rings. The summed E-state index contributed by atoms with van der Waals surface area (Å²) in [4.78, 5) is 0. The Morgan fingerprint density at radius 2 is 2.00 bits per heavy atom. The topological polar surface area (TPSA) is 101 Å². The normalized spacial score (nSPS) is 10.1. The Balaban J connectivity index is 3.10. The molecule has 1 aromatic rings. The molecule has 0 saturated carbocycles. The van der Waals surface area contributed by atoms with Gasteiger partial charge in [0.2, 0.25) is 5.96 Å². The maximum atomic E-state index is 13.2. The molecule has 4 N–H and O–H groups in total. The Labute approximate surface area is 89.7 Å². The molecule has 0 aliphatic carbocycles. The van der Waals surface area contributed by atoms with Crippen molar-refractivity contribution in [2.24, 2.45) is 21.7 Å². The lowest BCUT2D eigenvalue weighted by Crippen LogP contribution is -2.21. The average molecular weight is 223 g/mol. The molecule has 0 unspecified atom stereocenters. The first-order valence-corrected chi connectivity index (χ1v) is 4.06. The zero-order valence-electron chi connectivity index (χ0n) is 7.98. The van der Waals surface area contributed by atoms with Gasteiger partial charge in [0, 0.05) is 5.56 Å². The van der Waals surface area contributed by atoms with E-state index in [1.54, 1.807) is 0 Å². The van der Waals surface area contributed by atoms with Gasteiger partial charge in [0.1, 0.15) is 6.07 Å². The van der Waals surface area contributed by atoms with Crippen LogP contribution in [0.1, 0.15) is 11.1 Å². The minimum absolute atomic E-state index is 0.151. The highest BCUT2D eigenvalue weighted by Gasteiger charge is 2.11. The molecule has 1 aromatic carbocycles. The molecule has 0 fully saturated rings. The summed E-state index contributed by atoms with van der Waals surface area (Å²) < 4.78 is 26.3. The van der Waals surface area contributed by atoms with Crippen LogP contribution in [-0.4, -0.2) is 12.2 Å². The first kappa shape index (κ1) is 11.6. The third-order valence-electron chi connectivity index (χ3n) is 1.60. The van der Waals surface area contributed by atoms with Gasteiger partial charge in [-0.1, -0.05) is 0 Å². The molecule has 0 bridgehead atoms. The number of nitriles is 1. The largest absolute Gasteiger partial charge is 0.369 e. The van der Waals surface area contributed by atoms with E-state index in [1.807, 2.05) is 0 Å². The second-order valence-electron chi connectivity index (χ2n) is 2.71. The van der Waals surface area contributed by atoms with Gasteiger partial charge in [0.05, 0.1) is 11.8 Å². The fourth-order valence-corrected chi connectivity index (χ4v) is 0.908. The van der Waals surface area contributed by atoms with Crippen molar-refractivity contribution in [3.63, 3.8) is 0 Å². The van der Waals surface area contributed by atoms with Crippen molar-refractivity contribution >= 4 is 12.2 Å². The van der Waals surface area contributed by atoms with Crippen molar-refractivity contribution in [2.45, 2.75) is 0 Å². The number of hydrogen-bond donors (Lipinski definition) is 2. The quantitative estimate of drug-likeness (QED) is 0.432. The van der Waals surface area contributed by atoms with E-state index in [0.29, 0.717) is 0 Å². The van der Waals surface area contributed by atoms with E-state index in [2.05, 4.69) is 10.2 Å². The van der Waals surface area contributed by atoms with Gasteiger partial charge in [0.15, 0.2) is 11.6 Å². The van der Waals surface area contributed by atoms with Crippen LogP contribution in [0, 0.1) is 23.0 Å². The Morgan fingerprint density at radius 3 is 2.56 bits per heavy atom. The number of hydrogen-bond acceptors (Lipinski definition) is 3. The number of halogens is 2. The summed E-state index contributed by atoms with van der Waals surface area (Å²) in [6.07, 6.45) is 0.944. The van der Waals surface area contributed by atoms with Crippen molar-refractivity contribution in [1.82, 2.24) is 0 Å². The number of benzene rings is 1. The van der Waals surface area contributed by atoms with Crippen LogP contribution < -0.4 is 11.5 Å². The lowest BCUT2D eigenvalue weighted by Gasteiger charge is -1.98. The minimum atomic E-state index is -1.23. The molecular weight excluding hydrogens is 216 g/mol. The van der Waals surface area contributed by atoms with E-state index < -0.39 is 11.6 Å². The summed E-state index contributed by atoms with van der Waals surface area (Å²) in [5.74, 6) is -2.70. The second-order valence-corrected chi connectivity index (χ2v) is 2.71. The van der Waals surface area contributed by atoms with Gasteiger partial charge < -0.3 is 11.5 Å². The smallest absolute Gasteiger partial charge is 0.211 e. The van der Waals surface area contributed by atoms with Gasteiger partial charge in [-0.3, -0.25) is 0 Å². The fraction of sp³-hybridized carbons (Fsp3) is 0. The average Bonchev–Trinajstić information content (AvgIpc) is 2.24. The first-order valence-electron chi connectivity index (χ1n) is 4.06. The standard InChI is InChI=1S/C9H7F2N5/c10-7-5(3-12)1-2-6(8(7)11)4-15-16-9(13)14/h1-2,4H,(H4,13,14,16). The van der Waals surface area contributed by atoms with Crippen molar-refractivity contribution < 1.29 is 8.78 Å². The van der Waals surface area contributed by atoms with E-state index in [-0.39, 0.29) is 17.1 Å². The third-order valence-corrected chi connectivity index (χ3v) is 1.60. The molecule has 1 rings (SSSR count). The predicted octanol–water partition coefficient (Wildman–Crippen LogP) is 0.444. The zero-order valence-corrected chi connectivity index (χ0v) is 7.98. The number of nitrogens with zero attached hydrogens (tertiary/aromatic N) is 3. The highest BCUT2D eigenvalue weighted by Crippen LogP contribution is 2.14. The predicted molar refractivity (Wildman–Crippen MR) is 54.5 cm³/mol. The van der Waals surface area contributed by atoms with Gasteiger partial charge in [-0.25, -0.2) is 8.78 Å². The van der Waals surface area contributed by atoms with Gasteiger partial charge in [-0.05, 0) is 12.1 Å². The number of guanidine groups is 1. The second kappa shape index (κ2) is 4.84. The molecule has 0 amide bonds. The molecule has 0 aromatic heterocycles. The monoisotopic (exact) mass is 223 g/mol. The Morgan fingerprint density at radius 1 is 1.31 bits per heavy atom. The summed E-state index contributed by atoms with van der Waals surface area (Å²) in [6, 6.07) is 3.84. The summed E-state index contributed by atoms with van der Waals surface area (Å²) in [5.41, 5.74) is 9.42. The maximum absolute atomic E-state index is 13.2. The first-order chi connectivity index (χ1) is 7.56. The molecular formula is C9H7F2N5. The van der Waals surface area contributed by atoms with Crippen LogP contribution in [0.2, 0.25) is 0 Å². The maximum Gasteiger partial charge on any atom is 0.211 e. The van der Waals surface area contributed by atoms with Crippen LogP contribution in [0.15, 0.2) is 22.3 Å². The molecule has 0 heterocycles. The third kappa shape index (κ3) is 2.51. The molecule has 0 atom stereocenters. The molecule has 0 radical (unpaired) electrons. The minimum Gasteiger partial charge on any atom is -0.369 e. The van der Waals surface area contributed by atoms with Crippen molar-refractivity contribution in [2.75, 3.05) is 0 Å². The summed E-state index contributed by atoms with van der Waals surface area (Å²) >= 11 is 0. The molecule has 0 saturated heterocycles. The molecule has 0 spiro atoms. The number of rotatable bonds is 2. The van der Waals surface area contributed by atoms with Gasteiger partial charge >= 0.3 is 0 Å². The van der Waals surface area contributed by atoms with Crippen LogP contribution in [-0.2, 0) is 0 Å². The Kier molecular flexibility index (Phi) is 3.50. The summed E-state index contributed by atoms with van der Waals surface area (Å²) in [5, 5.41) is 15.0. The Hall–Kier alpha value is -2.49. The highest BCUT2D eigenvalue weighted by atomic mass is 19.2. The van der Waals surface area contributed by atoms with Crippen LogP contribution in [0.5, 0.6) is 0 Å². The van der Waals surface area contributed by atoms with Crippen molar-refractivity contribution in [3.05, 3.63) is 34.9 Å². The van der Waals surface area contributed by atoms with E-state index in [1.165, 1.54) is 12.1 Å². The van der Waals surface area contributed by atoms with E-state index in [0.717, 1.165) is 12.3 Å². The van der Waals surface area contributed by atoms with Crippen LogP contribution in [0.3, 0.4) is 0 Å². The van der Waals surface area contributed by atoms with Gasteiger partial charge in [-0.2, -0.15) is 10.4 Å². The van der Waals surface area contributed by atoms with Gasteiger partial charge in [0.25, 0.3) is 0 Å². The van der Waals surface area contributed by atoms with E-state index in [9.17, 15) is 8.78 Å². The molecule has 7 heteroatoms. The van der Waals surface area contributed by atoms with Crippen LogP contribution in [0.25, 0.3) is 0 Å². The molecule has 16 heavy (non-hydrogen) atoms. The van der Waals surface area contributed by atoms with Gasteiger partial charge in [-0.15, -0.1) is 5.10 Å². The summed E-state index contributed by atoms with van der Waals surface area (Å²) in [7, 11) is 0. The zero-order chi connectivity index (χ0) is 12.1.